The van der Waals surface area contributed by atoms with E-state index in [1.807, 2.05) is 6.92 Å². The summed E-state index contributed by atoms with van der Waals surface area (Å²) in [7, 11) is 2.28. The summed E-state index contributed by atoms with van der Waals surface area (Å²) in [4.78, 5) is 6.82. The Balaban J connectivity index is 1.55. The zero-order valence-electron chi connectivity index (χ0n) is 11.2. The van der Waals surface area contributed by atoms with E-state index >= 15 is 0 Å². The maximum absolute atomic E-state index is 4.99. The van der Waals surface area contributed by atoms with Gasteiger partial charge in [0.1, 0.15) is 0 Å². The molecule has 1 aromatic heterocycles. The second kappa shape index (κ2) is 4.97. The minimum absolute atomic E-state index is 0.607. The molecule has 0 aromatic carbocycles. The van der Waals surface area contributed by atoms with Crippen molar-refractivity contribution in [1.29, 1.82) is 0 Å². The molecule has 5 heteroatoms. The molecule has 0 saturated carbocycles. The highest BCUT2D eigenvalue weighted by Gasteiger charge is 2.35. The highest BCUT2D eigenvalue weighted by molar-refractivity contribution is 4.94. The zero-order chi connectivity index (χ0) is 12.5. The molecule has 2 unspecified atom stereocenters. The number of piperidine rings is 2. The molecule has 3 rings (SSSR count). The van der Waals surface area contributed by atoms with Gasteiger partial charge in [0.15, 0.2) is 5.82 Å². The first-order chi connectivity index (χ1) is 8.72. The van der Waals surface area contributed by atoms with Crippen LogP contribution in [0.4, 0.5) is 0 Å². The van der Waals surface area contributed by atoms with Crippen molar-refractivity contribution in [3.8, 4) is 0 Å². The van der Waals surface area contributed by atoms with Crippen LogP contribution in [0.3, 0.4) is 0 Å². The Hall–Kier alpha value is -0.940. The van der Waals surface area contributed by atoms with E-state index in [0.717, 1.165) is 24.5 Å². The molecule has 0 radical (unpaired) electrons. The Kier molecular flexibility index (Phi) is 3.35. The lowest BCUT2D eigenvalue weighted by molar-refractivity contribution is 0.0480. The molecule has 2 bridgehead atoms. The van der Waals surface area contributed by atoms with E-state index in [0.29, 0.717) is 11.9 Å². The van der Waals surface area contributed by atoms with Crippen LogP contribution >= 0.6 is 0 Å². The molecule has 3 heterocycles. The highest BCUT2D eigenvalue weighted by Crippen LogP contribution is 2.32. The van der Waals surface area contributed by atoms with Gasteiger partial charge in [-0.1, -0.05) is 11.6 Å². The maximum atomic E-state index is 4.99. The second-order valence-electron chi connectivity index (χ2n) is 5.68. The van der Waals surface area contributed by atoms with Crippen LogP contribution in [0.1, 0.15) is 43.8 Å². The Morgan fingerprint density at radius 3 is 2.67 bits per heavy atom. The number of aromatic nitrogens is 2. The van der Waals surface area contributed by atoms with Crippen LogP contribution < -0.4 is 5.32 Å². The van der Waals surface area contributed by atoms with Gasteiger partial charge < -0.3 is 14.7 Å². The molecule has 1 N–H and O–H groups in total. The highest BCUT2D eigenvalue weighted by atomic mass is 16.5. The van der Waals surface area contributed by atoms with Gasteiger partial charge in [-0.2, -0.15) is 4.98 Å². The van der Waals surface area contributed by atoms with Crippen LogP contribution in [0, 0.1) is 6.92 Å². The van der Waals surface area contributed by atoms with Gasteiger partial charge >= 0.3 is 0 Å². The third kappa shape index (κ3) is 2.42. The smallest absolute Gasteiger partial charge is 0.223 e. The molecule has 5 nitrogen and oxygen atoms in total. The molecule has 0 spiro atoms. The van der Waals surface area contributed by atoms with Crippen molar-refractivity contribution in [2.75, 3.05) is 7.05 Å². The van der Waals surface area contributed by atoms with Crippen LogP contribution in [0.5, 0.6) is 0 Å². The van der Waals surface area contributed by atoms with Crippen LogP contribution in [-0.4, -0.2) is 40.2 Å². The van der Waals surface area contributed by atoms with E-state index in [2.05, 4.69) is 27.4 Å². The van der Waals surface area contributed by atoms with Crippen molar-refractivity contribution in [2.24, 2.45) is 0 Å². The maximum Gasteiger partial charge on any atom is 0.223 e. The van der Waals surface area contributed by atoms with Gasteiger partial charge in [-0.3, -0.25) is 0 Å². The van der Waals surface area contributed by atoms with Gasteiger partial charge in [-0.05, 0) is 32.7 Å². The first-order valence-electron chi connectivity index (χ1n) is 6.97. The minimum Gasteiger partial charge on any atom is -0.340 e. The molecule has 2 fully saturated rings. The molecule has 2 aliphatic rings. The monoisotopic (exact) mass is 250 g/mol. The van der Waals surface area contributed by atoms with Gasteiger partial charge in [0, 0.05) is 25.0 Å². The lowest BCUT2D eigenvalue weighted by Gasteiger charge is -2.47. The van der Waals surface area contributed by atoms with Crippen LogP contribution in [0.15, 0.2) is 4.52 Å². The lowest BCUT2D eigenvalue weighted by atomic mass is 9.82. The number of nitrogens with zero attached hydrogens (tertiary/aromatic N) is 3. The Morgan fingerprint density at radius 2 is 2.06 bits per heavy atom. The summed E-state index contributed by atoms with van der Waals surface area (Å²) < 4.78 is 4.99. The van der Waals surface area contributed by atoms with Gasteiger partial charge in [-0.15, -0.1) is 0 Å². The topological polar surface area (TPSA) is 54.2 Å². The molecule has 100 valence electrons. The number of hydrogen-bond acceptors (Lipinski definition) is 5. The lowest BCUT2D eigenvalue weighted by Crippen LogP contribution is -2.54. The largest absolute Gasteiger partial charge is 0.340 e. The fraction of sp³-hybridized carbons (Fsp3) is 0.846. The van der Waals surface area contributed by atoms with E-state index in [-0.39, 0.29) is 0 Å². The Labute approximate surface area is 108 Å². The van der Waals surface area contributed by atoms with E-state index in [1.165, 1.54) is 32.1 Å². The summed E-state index contributed by atoms with van der Waals surface area (Å²) in [6.45, 7) is 2.56. The average Bonchev–Trinajstić information content (AvgIpc) is 2.73. The summed E-state index contributed by atoms with van der Waals surface area (Å²) in [5.74, 6) is 1.42. The zero-order valence-corrected chi connectivity index (χ0v) is 11.2. The van der Waals surface area contributed by atoms with E-state index in [1.54, 1.807) is 0 Å². The quantitative estimate of drug-likeness (QED) is 0.880. The van der Waals surface area contributed by atoms with Crippen molar-refractivity contribution < 1.29 is 4.52 Å². The summed E-state index contributed by atoms with van der Waals surface area (Å²) in [6, 6.07) is 2.14. The molecular weight excluding hydrogens is 228 g/mol. The van der Waals surface area contributed by atoms with Crippen LogP contribution in [-0.2, 0) is 6.54 Å². The molecule has 2 aliphatic heterocycles. The first kappa shape index (κ1) is 12.1. The third-order valence-corrected chi connectivity index (χ3v) is 4.46. The Morgan fingerprint density at radius 1 is 1.33 bits per heavy atom. The summed E-state index contributed by atoms with van der Waals surface area (Å²) >= 11 is 0. The van der Waals surface area contributed by atoms with Crippen molar-refractivity contribution in [3.63, 3.8) is 0 Å². The minimum atomic E-state index is 0.607. The Bertz CT molecular complexity index is 391. The van der Waals surface area contributed by atoms with Gasteiger partial charge in [0.05, 0.1) is 6.54 Å². The van der Waals surface area contributed by atoms with Crippen molar-refractivity contribution in [1.82, 2.24) is 20.4 Å². The molecule has 18 heavy (non-hydrogen) atoms. The van der Waals surface area contributed by atoms with Gasteiger partial charge in [0.25, 0.3) is 0 Å². The molecule has 0 aliphatic carbocycles. The summed E-state index contributed by atoms with van der Waals surface area (Å²) in [6.07, 6.45) is 6.61. The summed E-state index contributed by atoms with van der Waals surface area (Å²) in [5, 5.41) is 7.52. The van der Waals surface area contributed by atoms with Crippen molar-refractivity contribution in [3.05, 3.63) is 11.7 Å². The molecule has 2 atom stereocenters. The van der Waals surface area contributed by atoms with E-state index < -0.39 is 0 Å². The fourth-order valence-corrected chi connectivity index (χ4v) is 3.43. The molecule has 0 amide bonds. The van der Waals surface area contributed by atoms with Crippen LogP contribution in [0.2, 0.25) is 0 Å². The SMILES string of the molecule is Cc1nc(CNC2CC3CCCC(C2)N3C)no1. The standard InChI is InChI=1S/C13H22N4O/c1-9-15-13(16-18-9)8-14-10-6-11-4-3-5-12(7-10)17(11)2/h10-12,14H,3-8H2,1-2H3. The number of hydrogen-bond donors (Lipinski definition) is 1. The predicted octanol–water partition coefficient (Wildman–Crippen LogP) is 1.48. The van der Waals surface area contributed by atoms with Gasteiger partial charge in [0.2, 0.25) is 5.89 Å². The number of fused-ring (bicyclic) bond motifs is 2. The molecule has 2 saturated heterocycles. The fourth-order valence-electron chi connectivity index (χ4n) is 3.43. The van der Waals surface area contributed by atoms with Crippen LogP contribution in [0.25, 0.3) is 0 Å². The van der Waals surface area contributed by atoms with Gasteiger partial charge in [-0.25, -0.2) is 0 Å². The number of rotatable bonds is 3. The second-order valence-corrected chi connectivity index (χ2v) is 5.68. The van der Waals surface area contributed by atoms with E-state index in [4.69, 9.17) is 4.52 Å². The average molecular weight is 250 g/mol. The molecule has 1 aromatic rings. The van der Waals surface area contributed by atoms with Crippen molar-refractivity contribution in [2.45, 2.75) is 63.7 Å². The van der Waals surface area contributed by atoms with Crippen molar-refractivity contribution >= 4 is 0 Å². The normalized spacial score (nSPS) is 32.7. The van der Waals surface area contributed by atoms with E-state index in [9.17, 15) is 0 Å². The summed E-state index contributed by atoms with van der Waals surface area (Å²) in [5.41, 5.74) is 0. The molecular formula is C13H22N4O. The first-order valence-corrected chi connectivity index (χ1v) is 6.97. The number of aryl methyl sites for hydroxylation is 1. The third-order valence-electron chi connectivity index (χ3n) is 4.46. The number of nitrogens with one attached hydrogen (secondary N) is 1. The predicted molar refractivity (Wildman–Crippen MR) is 68.1 cm³/mol.